The molecule has 2 aromatic carbocycles. The van der Waals surface area contributed by atoms with Crippen LogP contribution < -0.4 is 4.74 Å². The molecule has 5 nitrogen and oxygen atoms in total. The number of fused-ring (bicyclic) bond motifs is 1. The van der Waals surface area contributed by atoms with Crippen LogP contribution in [-0.4, -0.2) is 28.2 Å². The van der Waals surface area contributed by atoms with E-state index in [1.807, 2.05) is 36.4 Å². The minimum atomic E-state index is -1.07. The molecule has 0 aliphatic rings. The number of methoxy groups -OCH3 is 1. The Labute approximate surface area is 114 Å². The van der Waals surface area contributed by atoms with Crippen molar-refractivity contribution < 1.29 is 14.6 Å². The fourth-order valence-corrected chi connectivity index (χ4v) is 2.09. The number of aromatic carboxylic acids is 1. The number of carboxylic acid groups (broad SMARTS) is 1. The molecular weight excluding hydrogens is 256 g/mol. The van der Waals surface area contributed by atoms with Gasteiger partial charge in [-0.2, -0.15) is 0 Å². The first-order valence-electron chi connectivity index (χ1n) is 6.04. The number of H-pyrrole nitrogens is 1. The highest BCUT2D eigenvalue weighted by molar-refractivity contribution is 5.89. The van der Waals surface area contributed by atoms with Crippen LogP contribution in [0.25, 0.3) is 22.0 Å². The van der Waals surface area contributed by atoms with Crippen LogP contribution in [0.5, 0.6) is 5.75 Å². The van der Waals surface area contributed by atoms with Gasteiger partial charge in [-0.15, -0.1) is 0 Å². The van der Waals surface area contributed by atoms with Crippen molar-refractivity contribution in [3.05, 3.63) is 48.4 Å². The van der Waals surface area contributed by atoms with Crippen molar-refractivity contribution in [2.24, 2.45) is 0 Å². The monoisotopic (exact) mass is 268 g/mol. The molecule has 0 atom stereocenters. The highest BCUT2D eigenvalue weighted by Gasteiger charge is 2.09. The zero-order valence-corrected chi connectivity index (χ0v) is 10.8. The van der Waals surface area contributed by atoms with Crippen LogP contribution >= 0.6 is 0 Å². The number of benzene rings is 2. The van der Waals surface area contributed by atoms with E-state index in [2.05, 4.69) is 9.97 Å². The van der Waals surface area contributed by atoms with Gasteiger partial charge in [0.2, 0.25) is 5.82 Å². The molecule has 0 unspecified atom stereocenters. The Bertz CT molecular complexity index is 793. The fourth-order valence-electron chi connectivity index (χ4n) is 2.09. The molecule has 1 aromatic heterocycles. The quantitative estimate of drug-likeness (QED) is 0.765. The van der Waals surface area contributed by atoms with Crippen LogP contribution in [0.15, 0.2) is 42.6 Å². The van der Waals surface area contributed by atoms with Gasteiger partial charge in [-0.1, -0.05) is 18.2 Å². The smallest absolute Gasteiger partial charge is 0.371 e. The van der Waals surface area contributed by atoms with E-state index in [1.165, 1.54) is 6.20 Å². The topological polar surface area (TPSA) is 75.2 Å². The van der Waals surface area contributed by atoms with E-state index in [0.717, 1.165) is 22.1 Å². The molecule has 0 saturated heterocycles. The van der Waals surface area contributed by atoms with Gasteiger partial charge in [-0.05, 0) is 29.0 Å². The minimum absolute atomic E-state index is 0.0603. The Kier molecular flexibility index (Phi) is 2.87. The summed E-state index contributed by atoms with van der Waals surface area (Å²) in [5.41, 5.74) is 1.57. The second kappa shape index (κ2) is 4.70. The summed E-state index contributed by atoms with van der Waals surface area (Å²) in [5, 5.41) is 11.0. The Morgan fingerprint density at radius 1 is 1.20 bits per heavy atom. The molecule has 1 heterocycles. The number of aromatic amines is 1. The number of hydrogen-bond acceptors (Lipinski definition) is 3. The first-order valence-corrected chi connectivity index (χ1v) is 6.04. The number of nitrogens with zero attached hydrogens (tertiary/aromatic N) is 1. The Morgan fingerprint density at radius 3 is 2.65 bits per heavy atom. The lowest BCUT2D eigenvalue weighted by molar-refractivity contribution is 0.0685. The lowest BCUT2D eigenvalue weighted by Gasteiger charge is -2.04. The predicted molar refractivity (Wildman–Crippen MR) is 75.0 cm³/mol. The summed E-state index contributed by atoms with van der Waals surface area (Å²) in [5.74, 6) is -0.323. The van der Waals surface area contributed by atoms with Crippen LogP contribution in [0.3, 0.4) is 0 Å². The maximum absolute atomic E-state index is 10.8. The molecule has 0 fully saturated rings. The van der Waals surface area contributed by atoms with Gasteiger partial charge in [0.05, 0.1) is 19.0 Å². The number of ether oxygens (including phenoxy) is 1. The Balaban J connectivity index is 2.05. The highest BCUT2D eigenvalue weighted by atomic mass is 16.5. The summed E-state index contributed by atoms with van der Waals surface area (Å²) in [4.78, 5) is 17.4. The number of hydrogen-bond donors (Lipinski definition) is 2. The minimum Gasteiger partial charge on any atom is -0.497 e. The number of nitrogens with one attached hydrogen (secondary N) is 1. The van der Waals surface area contributed by atoms with Gasteiger partial charge < -0.3 is 14.8 Å². The molecular formula is C15H12N2O3. The molecule has 0 aliphatic carbocycles. The molecule has 3 aromatic rings. The maximum atomic E-state index is 10.8. The number of rotatable bonds is 3. The largest absolute Gasteiger partial charge is 0.497 e. The van der Waals surface area contributed by atoms with Gasteiger partial charge in [0.25, 0.3) is 0 Å². The molecule has 0 spiro atoms. The van der Waals surface area contributed by atoms with Crippen molar-refractivity contribution in [1.82, 2.24) is 9.97 Å². The van der Waals surface area contributed by atoms with Gasteiger partial charge >= 0.3 is 5.97 Å². The molecule has 5 heteroatoms. The number of carbonyl (C=O) groups is 1. The van der Waals surface area contributed by atoms with E-state index >= 15 is 0 Å². The average Bonchev–Trinajstić information content (AvgIpc) is 2.96. The third-order valence-electron chi connectivity index (χ3n) is 3.14. The molecule has 0 radical (unpaired) electrons. The van der Waals surface area contributed by atoms with Gasteiger partial charge in [-0.3, -0.25) is 0 Å². The van der Waals surface area contributed by atoms with Crippen molar-refractivity contribution in [3.8, 4) is 17.0 Å². The van der Waals surface area contributed by atoms with E-state index in [4.69, 9.17) is 9.84 Å². The molecule has 0 saturated carbocycles. The average molecular weight is 268 g/mol. The molecule has 2 N–H and O–H groups in total. The zero-order chi connectivity index (χ0) is 14.1. The first kappa shape index (κ1) is 12.2. The number of aromatic nitrogens is 2. The standard InChI is InChI=1S/C15H12N2O3/c1-20-12-5-4-9-6-11(3-2-10(9)7-12)13-8-16-14(17-13)15(18)19/h2-8H,1H3,(H,16,17)(H,18,19). The van der Waals surface area contributed by atoms with Crippen molar-refractivity contribution in [1.29, 1.82) is 0 Å². The molecule has 0 aliphatic heterocycles. The lowest BCUT2D eigenvalue weighted by atomic mass is 10.1. The predicted octanol–water partition coefficient (Wildman–Crippen LogP) is 2.94. The maximum Gasteiger partial charge on any atom is 0.371 e. The number of imidazole rings is 1. The third-order valence-corrected chi connectivity index (χ3v) is 3.14. The Hall–Kier alpha value is -2.82. The van der Waals surface area contributed by atoms with Crippen molar-refractivity contribution >= 4 is 16.7 Å². The highest BCUT2D eigenvalue weighted by Crippen LogP contribution is 2.26. The van der Waals surface area contributed by atoms with Crippen LogP contribution in [-0.2, 0) is 0 Å². The summed E-state index contributed by atoms with van der Waals surface area (Å²) >= 11 is 0. The SMILES string of the molecule is COc1ccc2cc(-c3cnc(C(=O)O)[nH]3)ccc2c1. The summed E-state index contributed by atoms with van der Waals surface area (Å²) in [6, 6.07) is 11.7. The van der Waals surface area contributed by atoms with Gasteiger partial charge in [0.1, 0.15) is 5.75 Å². The summed E-state index contributed by atoms with van der Waals surface area (Å²) in [6.07, 6.45) is 1.52. The Morgan fingerprint density at radius 2 is 1.95 bits per heavy atom. The summed E-state index contributed by atoms with van der Waals surface area (Å²) in [7, 11) is 1.63. The van der Waals surface area contributed by atoms with Gasteiger partial charge in [0.15, 0.2) is 0 Å². The molecule has 20 heavy (non-hydrogen) atoms. The summed E-state index contributed by atoms with van der Waals surface area (Å²) in [6.45, 7) is 0. The van der Waals surface area contributed by atoms with E-state index in [9.17, 15) is 4.79 Å². The van der Waals surface area contributed by atoms with E-state index < -0.39 is 5.97 Å². The zero-order valence-electron chi connectivity index (χ0n) is 10.8. The first-order chi connectivity index (χ1) is 9.67. The second-order valence-electron chi connectivity index (χ2n) is 4.38. The normalized spacial score (nSPS) is 10.7. The van der Waals surface area contributed by atoms with E-state index in [0.29, 0.717) is 5.69 Å². The third kappa shape index (κ3) is 2.09. The molecule has 0 amide bonds. The lowest BCUT2D eigenvalue weighted by Crippen LogP contribution is -1.98. The number of carboxylic acids is 1. The second-order valence-corrected chi connectivity index (χ2v) is 4.38. The molecule has 100 valence electrons. The van der Waals surface area contributed by atoms with E-state index in [-0.39, 0.29) is 5.82 Å². The van der Waals surface area contributed by atoms with Crippen LogP contribution in [0, 0.1) is 0 Å². The van der Waals surface area contributed by atoms with Crippen LogP contribution in [0.2, 0.25) is 0 Å². The van der Waals surface area contributed by atoms with E-state index in [1.54, 1.807) is 7.11 Å². The van der Waals surface area contributed by atoms with Crippen molar-refractivity contribution in [3.63, 3.8) is 0 Å². The van der Waals surface area contributed by atoms with Crippen molar-refractivity contribution in [2.75, 3.05) is 7.11 Å². The van der Waals surface area contributed by atoms with Gasteiger partial charge in [-0.25, -0.2) is 9.78 Å². The summed E-state index contributed by atoms with van der Waals surface area (Å²) < 4.78 is 5.19. The van der Waals surface area contributed by atoms with Crippen molar-refractivity contribution in [2.45, 2.75) is 0 Å². The van der Waals surface area contributed by atoms with Crippen LogP contribution in [0.1, 0.15) is 10.6 Å². The fraction of sp³-hybridized carbons (Fsp3) is 0.0667. The molecule has 0 bridgehead atoms. The van der Waals surface area contributed by atoms with Crippen LogP contribution in [0.4, 0.5) is 0 Å². The van der Waals surface area contributed by atoms with Gasteiger partial charge in [0, 0.05) is 5.56 Å². The molecule has 3 rings (SSSR count).